The van der Waals surface area contributed by atoms with Crippen LogP contribution in [0.1, 0.15) is 47.9 Å². The number of anilines is 1. The lowest BCUT2D eigenvalue weighted by atomic mass is 10.2. The molecule has 0 saturated carbocycles. The van der Waals surface area contributed by atoms with Gasteiger partial charge in [-0.3, -0.25) is 10.1 Å². The van der Waals surface area contributed by atoms with E-state index in [-0.39, 0.29) is 23.1 Å². The molecular weight excluding hydrogens is 376 g/mol. The van der Waals surface area contributed by atoms with Gasteiger partial charge in [0.25, 0.3) is 5.91 Å². The first-order chi connectivity index (χ1) is 13.4. The van der Waals surface area contributed by atoms with Gasteiger partial charge in [0, 0.05) is 5.69 Å². The monoisotopic (exact) mass is 400 g/mol. The smallest absolute Gasteiger partial charge is 0.338 e. The molecule has 2 aromatic carbocycles. The molecule has 0 fully saturated rings. The Kier molecular flexibility index (Phi) is 7.95. The molecule has 0 unspecified atom stereocenters. The summed E-state index contributed by atoms with van der Waals surface area (Å²) < 4.78 is 10.7. The molecule has 0 bridgehead atoms. The quantitative estimate of drug-likeness (QED) is 0.537. The average molecular weight is 401 g/mol. The number of hydrogen-bond donors (Lipinski definition) is 2. The number of benzene rings is 2. The number of amides is 1. The zero-order chi connectivity index (χ0) is 20.5. The molecule has 0 atom stereocenters. The number of carbonyl (C=O) groups excluding carboxylic acids is 2. The number of hydrogen-bond acceptors (Lipinski definition) is 5. The summed E-state index contributed by atoms with van der Waals surface area (Å²) in [6.45, 7) is 6.10. The van der Waals surface area contributed by atoms with E-state index in [1.54, 1.807) is 48.5 Å². The lowest BCUT2D eigenvalue weighted by Crippen LogP contribution is -2.34. The summed E-state index contributed by atoms with van der Waals surface area (Å²) >= 11 is 5.21. The Hall–Kier alpha value is -2.93. The third-order valence-electron chi connectivity index (χ3n) is 3.54. The van der Waals surface area contributed by atoms with E-state index in [0.29, 0.717) is 29.2 Å². The minimum Gasteiger partial charge on any atom is -0.490 e. The molecule has 0 saturated heterocycles. The van der Waals surface area contributed by atoms with Crippen LogP contribution in [0.5, 0.6) is 5.75 Å². The van der Waals surface area contributed by atoms with Gasteiger partial charge < -0.3 is 14.8 Å². The van der Waals surface area contributed by atoms with Crippen molar-refractivity contribution in [2.24, 2.45) is 0 Å². The summed E-state index contributed by atoms with van der Waals surface area (Å²) in [5.41, 5.74) is 1.49. The molecule has 7 heteroatoms. The Morgan fingerprint density at radius 1 is 1.07 bits per heavy atom. The maximum atomic E-state index is 12.5. The number of nitrogens with one attached hydrogen (secondary N) is 2. The zero-order valence-corrected chi connectivity index (χ0v) is 17.0. The predicted octanol–water partition coefficient (Wildman–Crippen LogP) is 4.17. The zero-order valence-electron chi connectivity index (χ0n) is 16.2. The second-order valence-corrected chi connectivity index (χ2v) is 6.69. The van der Waals surface area contributed by atoms with Crippen LogP contribution in [0.3, 0.4) is 0 Å². The molecule has 1 amide bonds. The maximum Gasteiger partial charge on any atom is 0.338 e. The molecule has 0 radical (unpaired) electrons. The van der Waals surface area contributed by atoms with Crippen LogP contribution in [0, 0.1) is 0 Å². The molecule has 148 valence electrons. The summed E-state index contributed by atoms with van der Waals surface area (Å²) in [6, 6.07) is 13.6. The number of ether oxygens (including phenoxy) is 2. The summed E-state index contributed by atoms with van der Waals surface area (Å²) in [4.78, 5) is 24.3. The molecule has 0 aliphatic heterocycles. The normalized spacial score (nSPS) is 10.3. The molecule has 0 spiro atoms. The van der Waals surface area contributed by atoms with E-state index in [0.717, 1.165) is 6.42 Å². The van der Waals surface area contributed by atoms with Crippen molar-refractivity contribution in [3.8, 4) is 5.75 Å². The standard InChI is InChI=1S/C21H24N2O4S/c1-4-13-26-20(25)15-9-11-16(12-10-15)22-21(28)23-19(24)17-7-5-6-8-18(17)27-14(2)3/h5-12,14H,4,13H2,1-3H3,(H2,22,23,24,28). The Bertz CT molecular complexity index is 835. The fourth-order valence-corrected chi connectivity index (χ4v) is 2.52. The first kappa shape index (κ1) is 21.4. The lowest BCUT2D eigenvalue weighted by molar-refractivity contribution is 0.0505. The van der Waals surface area contributed by atoms with Crippen molar-refractivity contribution in [1.29, 1.82) is 0 Å². The largest absolute Gasteiger partial charge is 0.490 e. The predicted molar refractivity (Wildman–Crippen MR) is 113 cm³/mol. The van der Waals surface area contributed by atoms with Crippen molar-refractivity contribution in [3.05, 3.63) is 59.7 Å². The number of thiocarbonyl (C=S) groups is 1. The summed E-state index contributed by atoms with van der Waals surface area (Å²) in [7, 11) is 0. The maximum absolute atomic E-state index is 12.5. The molecule has 0 aromatic heterocycles. The van der Waals surface area contributed by atoms with Crippen molar-refractivity contribution in [2.45, 2.75) is 33.3 Å². The van der Waals surface area contributed by atoms with Crippen molar-refractivity contribution < 1.29 is 19.1 Å². The summed E-state index contributed by atoms with van der Waals surface area (Å²) in [6.07, 6.45) is 0.714. The van der Waals surface area contributed by atoms with E-state index < -0.39 is 0 Å². The van der Waals surface area contributed by atoms with E-state index in [9.17, 15) is 9.59 Å². The molecule has 0 aliphatic rings. The molecule has 6 nitrogen and oxygen atoms in total. The van der Waals surface area contributed by atoms with Gasteiger partial charge in [0.2, 0.25) is 0 Å². The third kappa shape index (κ3) is 6.35. The Morgan fingerprint density at radius 3 is 2.39 bits per heavy atom. The van der Waals surface area contributed by atoms with Crippen LogP contribution in [-0.4, -0.2) is 29.7 Å². The summed E-state index contributed by atoms with van der Waals surface area (Å²) in [5, 5.41) is 5.70. The van der Waals surface area contributed by atoms with Gasteiger partial charge in [-0.15, -0.1) is 0 Å². The Morgan fingerprint density at radius 2 is 1.75 bits per heavy atom. The molecule has 0 heterocycles. The number of para-hydroxylation sites is 1. The first-order valence-electron chi connectivity index (χ1n) is 9.06. The van der Waals surface area contributed by atoms with Gasteiger partial charge in [-0.2, -0.15) is 0 Å². The van der Waals surface area contributed by atoms with Crippen LogP contribution in [-0.2, 0) is 4.74 Å². The highest BCUT2D eigenvalue weighted by Crippen LogP contribution is 2.19. The number of esters is 1. The van der Waals surface area contributed by atoms with Crippen molar-refractivity contribution in [1.82, 2.24) is 5.32 Å². The molecule has 0 aliphatic carbocycles. The van der Waals surface area contributed by atoms with Gasteiger partial charge in [0.15, 0.2) is 5.11 Å². The van der Waals surface area contributed by atoms with Gasteiger partial charge in [0.1, 0.15) is 5.75 Å². The van der Waals surface area contributed by atoms with Crippen LogP contribution in [0.2, 0.25) is 0 Å². The van der Waals surface area contributed by atoms with E-state index in [4.69, 9.17) is 21.7 Å². The van der Waals surface area contributed by atoms with Crippen molar-refractivity contribution >= 4 is 34.9 Å². The van der Waals surface area contributed by atoms with Gasteiger partial charge in [-0.25, -0.2) is 4.79 Å². The van der Waals surface area contributed by atoms with Crippen LogP contribution in [0.4, 0.5) is 5.69 Å². The van der Waals surface area contributed by atoms with Crippen LogP contribution >= 0.6 is 12.2 Å². The van der Waals surface area contributed by atoms with E-state index >= 15 is 0 Å². The molecule has 28 heavy (non-hydrogen) atoms. The van der Waals surface area contributed by atoms with Crippen LogP contribution < -0.4 is 15.4 Å². The van der Waals surface area contributed by atoms with Gasteiger partial charge in [-0.05, 0) is 68.9 Å². The SMILES string of the molecule is CCCOC(=O)c1ccc(NC(=S)NC(=O)c2ccccc2OC(C)C)cc1. The Labute approximate surface area is 170 Å². The van der Waals surface area contributed by atoms with E-state index in [2.05, 4.69) is 10.6 Å². The molecule has 2 N–H and O–H groups in total. The van der Waals surface area contributed by atoms with Crippen molar-refractivity contribution in [2.75, 3.05) is 11.9 Å². The van der Waals surface area contributed by atoms with Crippen LogP contribution in [0.25, 0.3) is 0 Å². The van der Waals surface area contributed by atoms with Crippen molar-refractivity contribution in [3.63, 3.8) is 0 Å². The summed E-state index contributed by atoms with van der Waals surface area (Å²) in [5.74, 6) is -0.243. The lowest BCUT2D eigenvalue weighted by Gasteiger charge is -2.15. The second-order valence-electron chi connectivity index (χ2n) is 6.28. The van der Waals surface area contributed by atoms with Gasteiger partial charge in [0.05, 0.1) is 23.8 Å². The highest BCUT2D eigenvalue weighted by Gasteiger charge is 2.14. The average Bonchev–Trinajstić information content (AvgIpc) is 2.66. The highest BCUT2D eigenvalue weighted by atomic mass is 32.1. The molecule has 2 rings (SSSR count). The minimum absolute atomic E-state index is 0.0541. The van der Waals surface area contributed by atoms with Crippen LogP contribution in [0.15, 0.2) is 48.5 Å². The van der Waals surface area contributed by atoms with Gasteiger partial charge in [-0.1, -0.05) is 19.1 Å². The van der Waals surface area contributed by atoms with E-state index in [1.807, 2.05) is 20.8 Å². The minimum atomic E-state index is -0.369. The third-order valence-corrected chi connectivity index (χ3v) is 3.74. The topological polar surface area (TPSA) is 76.7 Å². The highest BCUT2D eigenvalue weighted by molar-refractivity contribution is 7.80. The fourth-order valence-electron chi connectivity index (χ4n) is 2.31. The number of rotatable bonds is 7. The van der Waals surface area contributed by atoms with E-state index in [1.165, 1.54) is 0 Å². The molecular formula is C21H24N2O4S. The fraction of sp³-hybridized carbons (Fsp3) is 0.286. The number of carbonyl (C=O) groups is 2. The molecule has 2 aromatic rings. The first-order valence-corrected chi connectivity index (χ1v) is 9.46. The Balaban J connectivity index is 1.97. The van der Waals surface area contributed by atoms with Gasteiger partial charge >= 0.3 is 5.97 Å². The second kappa shape index (κ2) is 10.4.